The molecule has 0 radical (unpaired) electrons. The van der Waals surface area contributed by atoms with Crippen molar-refractivity contribution < 1.29 is 4.42 Å². The molecule has 2 rings (SSSR count). The zero-order chi connectivity index (χ0) is 13.0. The zero-order valence-corrected chi connectivity index (χ0v) is 10.8. The predicted octanol–water partition coefficient (Wildman–Crippen LogP) is 1.75. The van der Waals surface area contributed by atoms with Crippen molar-refractivity contribution in [2.75, 3.05) is 5.32 Å². The normalized spacial score (nSPS) is 12.1. The van der Waals surface area contributed by atoms with E-state index < -0.39 is 0 Å². The van der Waals surface area contributed by atoms with Gasteiger partial charge in [-0.15, -0.1) is 0 Å². The molecule has 3 N–H and O–H groups in total. The number of furan rings is 1. The van der Waals surface area contributed by atoms with Gasteiger partial charge in [-0.25, -0.2) is 9.97 Å². The lowest BCUT2D eigenvalue weighted by Crippen LogP contribution is -2.19. The lowest BCUT2D eigenvalue weighted by molar-refractivity contribution is 0.497. The molecular formula is C12H14N4OS. The van der Waals surface area contributed by atoms with E-state index in [0.717, 1.165) is 12.2 Å². The molecule has 1 unspecified atom stereocenters. The number of rotatable bonds is 5. The monoisotopic (exact) mass is 262 g/mol. The molecule has 0 amide bonds. The Morgan fingerprint density at radius 3 is 2.89 bits per heavy atom. The SMILES string of the molecule is CC(Cc1ccco1)Nc1cnc(C(N)=S)cn1. The molecule has 0 saturated carbocycles. The van der Waals surface area contributed by atoms with Gasteiger partial charge in [0.1, 0.15) is 22.3 Å². The van der Waals surface area contributed by atoms with Crippen molar-refractivity contribution in [1.82, 2.24) is 9.97 Å². The van der Waals surface area contributed by atoms with Crippen LogP contribution < -0.4 is 11.1 Å². The van der Waals surface area contributed by atoms with Gasteiger partial charge in [0, 0.05) is 12.5 Å². The maximum atomic E-state index is 5.45. The summed E-state index contributed by atoms with van der Waals surface area (Å²) in [6.07, 6.45) is 5.63. The van der Waals surface area contributed by atoms with E-state index in [2.05, 4.69) is 15.3 Å². The third-order valence-electron chi connectivity index (χ3n) is 2.39. The largest absolute Gasteiger partial charge is 0.469 e. The Morgan fingerprint density at radius 1 is 1.50 bits per heavy atom. The van der Waals surface area contributed by atoms with Crippen LogP contribution in [0.3, 0.4) is 0 Å². The Bertz CT molecular complexity index is 509. The Morgan fingerprint density at radius 2 is 2.33 bits per heavy atom. The second-order valence-electron chi connectivity index (χ2n) is 3.98. The number of nitrogens with zero attached hydrogens (tertiary/aromatic N) is 2. The standard InChI is InChI=1S/C12H14N4OS/c1-8(5-9-3-2-4-17-9)16-11-7-14-10(6-15-11)12(13)18/h2-4,6-8H,5H2,1H3,(H2,13,18)(H,15,16). The molecule has 94 valence electrons. The first kappa shape index (κ1) is 12.5. The lowest BCUT2D eigenvalue weighted by Gasteiger charge is -2.12. The molecule has 1 atom stereocenters. The second kappa shape index (κ2) is 5.59. The summed E-state index contributed by atoms with van der Waals surface area (Å²) in [5.41, 5.74) is 5.97. The van der Waals surface area contributed by atoms with E-state index in [0.29, 0.717) is 11.5 Å². The van der Waals surface area contributed by atoms with Crippen LogP contribution in [0.25, 0.3) is 0 Å². The molecule has 2 aromatic rings. The summed E-state index contributed by atoms with van der Waals surface area (Å²) in [6.45, 7) is 2.05. The van der Waals surface area contributed by atoms with Crippen molar-refractivity contribution in [3.8, 4) is 0 Å². The quantitative estimate of drug-likeness (QED) is 0.799. The molecule has 0 aromatic carbocycles. The average molecular weight is 262 g/mol. The van der Waals surface area contributed by atoms with Gasteiger partial charge < -0.3 is 15.5 Å². The Labute approximate surface area is 110 Å². The fourth-order valence-electron chi connectivity index (χ4n) is 1.56. The summed E-state index contributed by atoms with van der Waals surface area (Å²) in [7, 11) is 0. The summed E-state index contributed by atoms with van der Waals surface area (Å²) in [6, 6.07) is 4.01. The summed E-state index contributed by atoms with van der Waals surface area (Å²) in [5, 5.41) is 3.23. The van der Waals surface area contributed by atoms with Gasteiger partial charge >= 0.3 is 0 Å². The maximum Gasteiger partial charge on any atom is 0.144 e. The third-order valence-corrected chi connectivity index (χ3v) is 2.60. The number of aromatic nitrogens is 2. The second-order valence-corrected chi connectivity index (χ2v) is 4.42. The zero-order valence-electron chi connectivity index (χ0n) is 9.96. The van der Waals surface area contributed by atoms with Crippen molar-refractivity contribution in [3.63, 3.8) is 0 Å². The van der Waals surface area contributed by atoms with Crippen LogP contribution in [0.1, 0.15) is 18.4 Å². The fourth-order valence-corrected chi connectivity index (χ4v) is 1.67. The molecule has 0 aliphatic heterocycles. The van der Waals surface area contributed by atoms with E-state index >= 15 is 0 Å². The van der Waals surface area contributed by atoms with Crippen LogP contribution in [0.5, 0.6) is 0 Å². The number of thiocarbonyl (C=S) groups is 1. The van der Waals surface area contributed by atoms with Crippen LogP contribution in [0.15, 0.2) is 35.2 Å². The van der Waals surface area contributed by atoms with Gasteiger partial charge in [0.05, 0.1) is 18.7 Å². The highest BCUT2D eigenvalue weighted by Crippen LogP contribution is 2.08. The molecule has 0 fully saturated rings. The molecule has 0 aliphatic carbocycles. The van der Waals surface area contributed by atoms with Crippen LogP contribution in [0, 0.1) is 0 Å². The smallest absolute Gasteiger partial charge is 0.144 e. The molecule has 0 aliphatic rings. The number of anilines is 1. The first-order valence-electron chi connectivity index (χ1n) is 5.56. The van der Waals surface area contributed by atoms with Crippen LogP contribution >= 0.6 is 12.2 Å². The maximum absolute atomic E-state index is 5.45. The first-order valence-corrected chi connectivity index (χ1v) is 5.97. The number of nitrogens with one attached hydrogen (secondary N) is 1. The topological polar surface area (TPSA) is 77.0 Å². The summed E-state index contributed by atoms with van der Waals surface area (Å²) in [4.78, 5) is 8.56. The highest BCUT2D eigenvalue weighted by atomic mass is 32.1. The van der Waals surface area contributed by atoms with Gasteiger partial charge in [-0.2, -0.15) is 0 Å². The molecule has 0 spiro atoms. The molecule has 0 saturated heterocycles. The van der Waals surface area contributed by atoms with Crippen molar-refractivity contribution in [3.05, 3.63) is 42.2 Å². The van der Waals surface area contributed by atoms with Gasteiger partial charge in [-0.05, 0) is 19.1 Å². The van der Waals surface area contributed by atoms with Crippen molar-refractivity contribution in [1.29, 1.82) is 0 Å². The number of hydrogen-bond donors (Lipinski definition) is 2. The lowest BCUT2D eigenvalue weighted by atomic mass is 10.2. The molecular weight excluding hydrogens is 248 g/mol. The van der Waals surface area contributed by atoms with E-state index in [1.807, 2.05) is 19.1 Å². The minimum Gasteiger partial charge on any atom is -0.469 e. The van der Waals surface area contributed by atoms with Gasteiger partial charge in [0.25, 0.3) is 0 Å². The van der Waals surface area contributed by atoms with E-state index in [1.165, 1.54) is 0 Å². The summed E-state index contributed by atoms with van der Waals surface area (Å²) in [5.74, 6) is 1.62. The van der Waals surface area contributed by atoms with Crippen LogP contribution in [-0.4, -0.2) is 21.0 Å². The van der Waals surface area contributed by atoms with E-state index in [-0.39, 0.29) is 11.0 Å². The number of hydrogen-bond acceptors (Lipinski definition) is 5. The van der Waals surface area contributed by atoms with E-state index in [4.69, 9.17) is 22.4 Å². The summed E-state index contributed by atoms with van der Waals surface area (Å²) >= 11 is 4.81. The minimum atomic E-state index is 0.195. The van der Waals surface area contributed by atoms with Crippen LogP contribution in [-0.2, 0) is 6.42 Å². The van der Waals surface area contributed by atoms with E-state index in [9.17, 15) is 0 Å². The Balaban J connectivity index is 1.94. The van der Waals surface area contributed by atoms with E-state index in [1.54, 1.807) is 18.7 Å². The van der Waals surface area contributed by atoms with Crippen LogP contribution in [0.4, 0.5) is 5.82 Å². The minimum absolute atomic E-state index is 0.195. The highest BCUT2D eigenvalue weighted by Gasteiger charge is 2.07. The molecule has 18 heavy (non-hydrogen) atoms. The van der Waals surface area contributed by atoms with Crippen molar-refractivity contribution in [2.45, 2.75) is 19.4 Å². The van der Waals surface area contributed by atoms with Gasteiger partial charge in [0.15, 0.2) is 0 Å². The molecule has 2 heterocycles. The Hall–Kier alpha value is -1.95. The summed E-state index contributed by atoms with van der Waals surface area (Å²) < 4.78 is 5.28. The van der Waals surface area contributed by atoms with Gasteiger partial charge in [0.2, 0.25) is 0 Å². The third kappa shape index (κ3) is 3.27. The van der Waals surface area contributed by atoms with Gasteiger partial charge in [-0.1, -0.05) is 12.2 Å². The average Bonchev–Trinajstić information content (AvgIpc) is 2.82. The van der Waals surface area contributed by atoms with Crippen molar-refractivity contribution >= 4 is 23.0 Å². The predicted molar refractivity (Wildman–Crippen MR) is 73.4 cm³/mol. The molecule has 5 nitrogen and oxygen atoms in total. The molecule has 6 heteroatoms. The first-order chi connectivity index (χ1) is 8.65. The number of nitrogens with two attached hydrogens (primary N) is 1. The molecule has 2 aromatic heterocycles. The van der Waals surface area contributed by atoms with Gasteiger partial charge in [-0.3, -0.25) is 0 Å². The Kier molecular flexibility index (Phi) is 3.88. The highest BCUT2D eigenvalue weighted by molar-refractivity contribution is 7.80. The van der Waals surface area contributed by atoms with Crippen LogP contribution in [0.2, 0.25) is 0 Å². The fraction of sp³-hybridized carbons (Fsp3) is 0.250. The van der Waals surface area contributed by atoms with Crippen molar-refractivity contribution in [2.24, 2.45) is 5.73 Å². The molecule has 0 bridgehead atoms.